The molecule has 2 heteroatoms. The maximum atomic E-state index is 9.39. The normalized spacial score (nSPS) is 10.8. The molecular formula is C10H16NO+. The second-order valence-corrected chi connectivity index (χ2v) is 3.50. The van der Waals surface area contributed by atoms with Crippen molar-refractivity contribution in [2.75, 3.05) is 0 Å². The van der Waals surface area contributed by atoms with Crippen LogP contribution in [0.2, 0.25) is 0 Å². The minimum atomic E-state index is 0.463. The smallest absolute Gasteiger partial charge is 0.234 e. The number of nitrogens with zero attached hydrogens (tertiary/aromatic N) is 1. The molecular weight excluding hydrogens is 150 g/mol. The average Bonchev–Trinajstić information content (AvgIpc) is 1.97. The van der Waals surface area contributed by atoms with Gasteiger partial charge in [-0.2, -0.15) is 0 Å². The van der Waals surface area contributed by atoms with E-state index in [-0.39, 0.29) is 0 Å². The molecule has 0 atom stereocenters. The standard InChI is InChI=1S/C10H16NO/c1-7(2)10-8(3)5-6-11(12)9(10)4/h5-7,12H,1-4H3/q+1. The summed E-state index contributed by atoms with van der Waals surface area (Å²) in [5.74, 6) is 0.463. The zero-order valence-electron chi connectivity index (χ0n) is 8.13. The zero-order chi connectivity index (χ0) is 9.30. The predicted octanol–water partition coefficient (Wildman–Crippen LogP) is 1.95. The average molecular weight is 166 g/mol. The molecule has 0 aliphatic carbocycles. The number of aryl methyl sites for hydroxylation is 1. The predicted molar refractivity (Wildman–Crippen MR) is 47.4 cm³/mol. The summed E-state index contributed by atoms with van der Waals surface area (Å²) >= 11 is 0. The molecule has 1 aromatic heterocycles. The molecule has 1 heterocycles. The lowest BCUT2D eigenvalue weighted by atomic mass is 9.97. The van der Waals surface area contributed by atoms with Gasteiger partial charge in [-0.05, 0) is 18.4 Å². The van der Waals surface area contributed by atoms with E-state index in [0.29, 0.717) is 5.92 Å². The Bertz CT molecular complexity index is 292. The molecule has 2 nitrogen and oxygen atoms in total. The summed E-state index contributed by atoms with van der Waals surface area (Å²) in [5.41, 5.74) is 3.41. The molecule has 66 valence electrons. The number of pyridine rings is 1. The summed E-state index contributed by atoms with van der Waals surface area (Å²) in [7, 11) is 0. The van der Waals surface area contributed by atoms with E-state index in [2.05, 4.69) is 20.8 Å². The van der Waals surface area contributed by atoms with Gasteiger partial charge in [-0.15, -0.1) is 0 Å². The Kier molecular flexibility index (Phi) is 2.36. The van der Waals surface area contributed by atoms with Gasteiger partial charge >= 0.3 is 0 Å². The molecule has 0 saturated carbocycles. The van der Waals surface area contributed by atoms with Crippen molar-refractivity contribution >= 4 is 0 Å². The topological polar surface area (TPSA) is 24.1 Å². The summed E-state index contributed by atoms with van der Waals surface area (Å²) in [6, 6.07) is 1.93. The van der Waals surface area contributed by atoms with Gasteiger partial charge in [0.25, 0.3) is 0 Å². The van der Waals surface area contributed by atoms with Gasteiger partial charge in [0.05, 0.1) is 0 Å². The van der Waals surface area contributed by atoms with Crippen molar-refractivity contribution < 1.29 is 9.94 Å². The molecule has 0 aliphatic heterocycles. The molecule has 1 rings (SSSR count). The van der Waals surface area contributed by atoms with Crippen LogP contribution in [0, 0.1) is 13.8 Å². The van der Waals surface area contributed by atoms with Crippen LogP contribution in [0.3, 0.4) is 0 Å². The van der Waals surface area contributed by atoms with Crippen LogP contribution in [0.4, 0.5) is 0 Å². The Labute approximate surface area is 73.4 Å². The number of rotatable bonds is 1. The highest BCUT2D eigenvalue weighted by Crippen LogP contribution is 2.19. The van der Waals surface area contributed by atoms with E-state index in [1.165, 1.54) is 15.9 Å². The maximum Gasteiger partial charge on any atom is 0.234 e. The van der Waals surface area contributed by atoms with Crippen LogP contribution < -0.4 is 4.73 Å². The summed E-state index contributed by atoms with van der Waals surface area (Å²) in [4.78, 5) is 0. The Hall–Kier alpha value is -1.05. The van der Waals surface area contributed by atoms with Crippen LogP contribution >= 0.6 is 0 Å². The molecule has 0 bridgehead atoms. The quantitative estimate of drug-likeness (QED) is 0.500. The van der Waals surface area contributed by atoms with Crippen molar-refractivity contribution in [2.45, 2.75) is 33.6 Å². The van der Waals surface area contributed by atoms with E-state index in [9.17, 15) is 5.21 Å². The fourth-order valence-electron chi connectivity index (χ4n) is 1.67. The first-order chi connectivity index (χ1) is 5.54. The molecule has 0 saturated heterocycles. The highest BCUT2D eigenvalue weighted by Gasteiger charge is 2.16. The molecule has 0 aliphatic rings. The summed E-state index contributed by atoms with van der Waals surface area (Å²) < 4.78 is 1.18. The van der Waals surface area contributed by atoms with Crippen LogP contribution in [0.15, 0.2) is 12.3 Å². The maximum absolute atomic E-state index is 9.39. The van der Waals surface area contributed by atoms with Crippen molar-refractivity contribution in [1.29, 1.82) is 0 Å². The Morgan fingerprint density at radius 3 is 2.33 bits per heavy atom. The Morgan fingerprint density at radius 2 is 1.92 bits per heavy atom. The van der Waals surface area contributed by atoms with Gasteiger partial charge < -0.3 is 0 Å². The zero-order valence-corrected chi connectivity index (χ0v) is 8.13. The van der Waals surface area contributed by atoms with E-state index in [1.54, 1.807) is 6.20 Å². The minimum absolute atomic E-state index is 0.463. The van der Waals surface area contributed by atoms with Gasteiger partial charge in [-0.3, -0.25) is 5.21 Å². The van der Waals surface area contributed by atoms with Crippen LogP contribution in [0.25, 0.3) is 0 Å². The van der Waals surface area contributed by atoms with E-state index in [4.69, 9.17) is 0 Å². The van der Waals surface area contributed by atoms with Gasteiger partial charge in [0.15, 0.2) is 0 Å². The lowest BCUT2D eigenvalue weighted by molar-refractivity contribution is -0.909. The van der Waals surface area contributed by atoms with Crippen molar-refractivity contribution in [1.82, 2.24) is 0 Å². The van der Waals surface area contributed by atoms with Crippen molar-refractivity contribution in [3.63, 3.8) is 0 Å². The van der Waals surface area contributed by atoms with Crippen LogP contribution in [0.5, 0.6) is 0 Å². The molecule has 0 spiro atoms. The highest BCUT2D eigenvalue weighted by atomic mass is 16.5. The summed E-state index contributed by atoms with van der Waals surface area (Å²) in [6.45, 7) is 8.27. The van der Waals surface area contributed by atoms with E-state index < -0.39 is 0 Å². The highest BCUT2D eigenvalue weighted by molar-refractivity contribution is 5.27. The molecule has 0 radical (unpaired) electrons. The summed E-state index contributed by atoms with van der Waals surface area (Å²) in [5, 5.41) is 9.39. The van der Waals surface area contributed by atoms with E-state index >= 15 is 0 Å². The van der Waals surface area contributed by atoms with Crippen LogP contribution in [-0.4, -0.2) is 5.21 Å². The van der Waals surface area contributed by atoms with Gasteiger partial charge in [-0.1, -0.05) is 13.8 Å². The van der Waals surface area contributed by atoms with Crippen molar-refractivity contribution in [3.8, 4) is 0 Å². The third-order valence-corrected chi connectivity index (χ3v) is 2.20. The largest absolute Gasteiger partial charge is 0.285 e. The molecule has 0 aromatic carbocycles. The van der Waals surface area contributed by atoms with E-state index in [0.717, 1.165) is 5.69 Å². The molecule has 12 heavy (non-hydrogen) atoms. The molecule has 1 aromatic rings. The lowest BCUT2D eigenvalue weighted by Crippen LogP contribution is -2.34. The Balaban J connectivity index is 3.33. The van der Waals surface area contributed by atoms with Crippen LogP contribution in [-0.2, 0) is 0 Å². The molecule has 0 fully saturated rings. The third kappa shape index (κ3) is 1.42. The third-order valence-electron chi connectivity index (χ3n) is 2.20. The van der Waals surface area contributed by atoms with E-state index in [1.807, 2.05) is 13.0 Å². The fourth-order valence-corrected chi connectivity index (χ4v) is 1.67. The summed E-state index contributed by atoms with van der Waals surface area (Å²) in [6.07, 6.45) is 1.68. The van der Waals surface area contributed by atoms with Crippen LogP contribution in [0.1, 0.15) is 36.6 Å². The van der Waals surface area contributed by atoms with Gasteiger partial charge in [0, 0.05) is 23.3 Å². The second kappa shape index (κ2) is 3.13. The number of hydrogen-bond donors (Lipinski definition) is 1. The van der Waals surface area contributed by atoms with Crippen molar-refractivity contribution in [3.05, 3.63) is 29.1 Å². The molecule has 1 N–H and O–H groups in total. The second-order valence-electron chi connectivity index (χ2n) is 3.50. The molecule has 0 amide bonds. The monoisotopic (exact) mass is 166 g/mol. The minimum Gasteiger partial charge on any atom is -0.285 e. The van der Waals surface area contributed by atoms with Crippen molar-refractivity contribution in [2.24, 2.45) is 0 Å². The molecule has 0 unspecified atom stereocenters. The first-order valence-electron chi connectivity index (χ1n) is 4.25. The van der Waals surface area contributed by atoms with Gasteiger partial charge in [0.2, 0.25) is 11.9 Å². The lowest BCUT2D eigenvalue weighted by Gasteiger charge is -2.08. The number of aromatic nitrogens is 1. The van der Waals surface area contributed by atoms with Gasteiger partial charge in [-0.25, -0.2) is 0 Å². The van der Waals surface area contributed by atoms with Gasteiger partial charge in [0.1, 0.15) is 0 Å². The SMILES string of the molecule is Cc1cc[n+](O)c(C)c1C(C)C. The first kappa shape index (κ1) is 9.04. The Morgan fingerprint density at radius 1 is 1.33 bits per heavy atom. The fraction of sp³-hybridized carbons (Fsp3) is 0.500. The first-order valence-corrected chi connectivity index (χ1v) is 4.25. The number of hydrogen-bond acceptors (Lipinski definition) is 1.